The van der Waals surface area contributed by atoms with Crippen LogP contribution in [0, 0.1) is 10.8 Å². The van der Waals surface area contributed by atoms with Crippen LogP contribution in [0.1, 0.15) is 44.6 Å². The first-order valence-electron chi connectivity index (χ1n) is 6.49. The summed E-state index contributed by atoms with van der Waals surface area (Å²) in [5.74, 6) is -0.288. The van der Waals surface area contributed by atoms with Crippen LogP contribution in [0.2, 0.25) is 0 Å². The largest absolute Gasteiger partial charge is 0.476 e. The van der Waals surface area contributed by atoms with Crippen molar-refractivity contribution < 1.29 is 9.90 Å². The van der Waals surface area contributed by atoms with Gasteiger partial charge in [0.05, 0.1) is 12.4 Å². The van der Waals surface area contributed by atoms with Crippen molar-refractivity contribution in [3.8, 4) is 0 Å². The van der Waals surface area contributed by atoms with Crippen molar-refractivity contribution in [3.05, 3.63) is 18.1 Å². The molecule has 5 nitrogen and oxygen atoms in total. The van der Waals surface area contributed by atoms with Gasteiger partial charge in [0, 0.05) is 13.1 Å². The van der Waals surface area contributed by atoms with Crippen molar-refractivity contribution in [1.82, 2.24) is 9.97 Å². The summed E-state index contributed by atoms with van der Waals surface area (Å²) in [5, 5.41) is 8.84. The van der Waals surface area contributed by atoms with E-state index in [-0.39, 0.29) is 16.5 Å². The lowest BCUT2D eigenvalue weighted by Gasteiger charge is -2.47. The molecular weight excluding hydrogens is 242 g/mol. The molecule has 104 valence electrons. The molecule has 1 aliphatic rings. The van der Waals surface area contributed by atoms with Crippen LogP contribution in [-0.2, 0) is 0 Å². The first-order valence-corrected chi connectivity index (χ1v) is 6.49. The summed E-state index contributed by atoms with van der Waals surface area (Å²) in [4.78, 5) is 21.2. The smallest absolute Gasteiger partial charge is 0.356 e. The maximum absolute atomic E-state index is 10.8. The summed E-state index contributed by atoms with van der Waals surface area (Å²) in [6, 6.07) is 0. The molecule has 0 spiro atoms. The van der Waals surface area contributed by atoms with Crippen LogP contribution in [0.15, 0.2) is 12.4 Å². The van der Waals surface area contributed by atoms with E-state index in [9.17, 15) is 4.79 Å². The maximum atomic E-state index is 10.8. The number of aromatic carboxylic acids is 1. The molecule has 1 aromatic heterocycles. The van der Waals surface area contributed by atoms with Gasteiger partial charge in [0.15, 0.2) is 5.69 Å². The quantitative estimate of drug-likeness (QED) is 0.887. The molecule has 1 aliphatic heterocycles. The van der Waals surface area contributed by atoms with Gasteiger partial charge < -0.3 is 10.0 Å². The number of nitrogens with zero attached hydrogens (tertiary/aromatic N) is 3. The Morgan fingerprint density at radius 2 is 1.74 bits per heavy atom. The number of piperidine rings is 1. The van der Waals surface area contributed by atoms with E-state index in [0.29, 0.717) is 0 Å². The minimum absolute atomic E-state index is 0.0146. The molecule has 2 heterocycles. The van der Waals surface area contributed by atoms with Crippen LogP contribution in [0.25, 0.3) is 0 Å². The summed E-state index contributed by atoms with van der Waals surface area (Å²) < 4.78 is 0. The summed E-state index contributed by atoms with van der Waals surface area (Å²) in [6.45, 7) is 10.8. The summed E-state index contributed by atoms with van der Waals surface area (Å²) in [7, 11) is 0. The van der Waals surface area contributed by atoms with Gasteiger partial charge in [0.25, 0.3) is 0 Å². The topological polar surface area (TPSA) is 66.3 Å². The molecule has 0 unspecified atom stereocenters. The number of rotatable bonds is 2. The number of carbonyl (C=O) groups is 1. The number of carboxylic acids is 1. The summed E-state index contributed by atoms with van der Waals surface area (Å²) in [5.41, 5.74) is 0.420. The fourth-order valence-corrected chi connectivity index (χ4v) is 3.25. The fourth-order valence-electron chi connectivity index (χ4n) is 3.25. The number of carboxylic acid groups (broad SMARTS) is 1. The molecule has 0 aliphatic carbocycles. The maximum Gasteiger partial charge on any atom is 0.356 e. The second-order valence-corrected chi connectivity index (χ2v) is 6.93. The standard InChI is InChI=1S/C14H21N3O2/c1-13(2)7-14(3,4)9-17(8-13)11-6-15-10(5-16-11)12(18)19/h5-6H,7-9H2,1-4H3,(H,18,19). The molecule has 2 rings (SSSR count). The zero-order valence-electron chi connectivity index (χ0n) is 12.0. The summed E-state index contributed by atoms with van der Waals surface area (Å²) in [6.07, 6.45) is 4.05. The lowest BCUT2D eigenvalue weighted by atomic mass is 9.71. The number of hydrogen-bond acceptors (Lipinski definition) is 4. The first kappa shape index (κ1) is 13.8. The predicted octanol–water partition coefficient (Wildman–Crippen LogP) is 2.44. The molecular formula is C14H21N3O2. The van der Waals surface area contributed by atoms with Crippen molar-refractivity contribution in [2.45, 2.75) is 34.1 Å². The SMILES string of the molecule is CC1(C)CN(c2cnc(C(=O)O)cn2)CC(C)(C)C1. The van der Waals surface area contributed by atoms with Gasteiger partial charge in [-0.25, -0.2) is 14.8 Å². The van der Waals surface area contributed by atoms with Crippen molar-refractivity contribution in [1.29, 1.82) is 0 Å². The van der Waals surface area contributed by atoms with Crippen molar-refractivity contribution in [3.63, 3.8) is 0 Å². The lowest BCUT2D eigenvalue weighted by Crippen LogP contribution is -2.49. The second-order valence-electron chi connectivity index (χ2n) is 6.93. The van der Waals surface area contributed by atoms with Crippen molar-refractivity contribution in [2.24, 2.45) is 10.8 Å². The van der Waals surface area contributed by atoms with Crippen LogP contribution < -0.4 is 4.90 Å². The third-order valence-corrected chi connectivity index (χ3v) is 3.38. The van der Waals surface area contributed by atoms with Gasteiger partial charge in [0.1, 0.15) is 5.82 Å². The molecule has 0 radical (unpaired) electrons. The molecule has 0 aromatic carbocycles. The van der Waals surface area contributed by atoms with E-state index in [1.807, 2.05) is 0 Å². The Morgan fingerprint density at radius 1 is 1.16 bits per heavy atom. The lowest BCUT2D eigenvalue weighted by molar-refractivity contribution is 0.0690. The molecule has 0 amide bonds. The molecule has 5 heteroatoms. The van der Waals surface area contributed by atoms with Gasteiger partial charge in [-0.1, -0.05) is 27.7 Å². The highest BCUT2D eigenvalue weighted by Gasteiger charge is 2.37. The Kier molecular flexibility index (Phi) is 3.24. The first-order chi connectivity index (χ1) is 8.69. The Labute approximate surface area is 113 Å². The molecule has 0 atom stereocenters. The van der Waals surface area contributed by atoms with Crippen molar-refractivity contribution >= 4 is 11.8 Å². The highest BCUT2D eigenvalue weighted by molar-refractivity contribution is 5.84. The Balaban J connectivity index is 2.23. The Hall–Kier alpha value is -1.65. The highest BCUT2D eigenvalue weighted by Crippen LogP contribution is 2.40. The number of anilines is 1. The molecule has 1 fully saturated rings. The molecule has 19 heavy (non-hydrogen) atoms. The van der Waals surface area contributed by atoms with Gasteiger partial charge in [0.2, 0.25) is 0 Å². The predicted molar refractivity (Wildman–Crippen MR) is 73.4 cm³/mol. The van der Waals surface area contributed by atoms with E-state index in [1.165, 1.54) is 6.20 Å². The van der Waals surface area contributed by atoms with Crippen LogP contribution in [0.4, 0.5) is 5.82 Å². The van der Waals surface area contributed by atoms with Gasteiger partial charge in [-0.2, -0.15) is 0 Å². The van der Waals surface area contributed by atoms with Crippen LogP contribution in [0.3, 0.4) is 0 Å². The molecule has 0 saturated carbocycles. The number of hydrogen-bond donors (Lipinski definition) is 1. The van der Waals surface area contributed by atoms with Crippen LogP contribution >= 0.6 is 0 Å². The van der Waals surface area contributed by atoms with E-state index in [2.05, 4.69) is 42.6 Å². The Bertz CT molecular complexity index is 464. The minimum Gasteiger partial charge on any atom is -0.476 e. The van der Waals surface area contributed by atoms with E-state index < -0.39 is 5.97 Å². The van der Waals surface area contributed by atoms with Crippen molar-refractivity contribution in [2.75, 3.05) is 18.0 Å². The Morgan fingerprint density at radius 3 is 2.16 bits per heavy atom. The van der Waals surface area contributed by atoms with E-state index in [4.69, 9.17) is 5.11 Å². The van der Waals surface area contributed by atoms with E-state index in [1.54, 1.807) is 6.20 Å². The van der Waals surface area contributed by atoms with E-state index in [0.717, 1.165) is 25.3 Å². The summed E-state index contributed by atoms with van der Waals surface area (Å²) >= 11 is 0. The number of aromatic nitrogens is 2. The average Bonchev–Trinajstić information content (AvgIpc) is 2.25. The zero-order valence-corrected chi connectivity index (χ0v) is 12.0. The fraction of sp³-hybridized carbons (Fsp3) is 0.643. The molecule has 1 saturated heterocycles. The monoisotopic (exact) mass is 263 g/mol. The third kappa shape index (κ3) is 3.22. The van der Waals surface area contributed by atoms with Gasteiger partial charge >= 0.3 is 5.97 Å². The van der Waals surface area contributed by atoms with Gasteiger partial charge in [-0.05, 0) is 17.3 Å². The normalized spacial score (nSPS) is 21.2. The zero-order chi connectivity index (χ0) is 14.3. The molecule has 1 N–H and O–H groups in total. The average molecular weight is 263 g/mol. The second kappa shape index (κ2) is 4.47. The van der Waals surface area contributed by atoms with Crippen LogP contribution in [0.5, 0.6) is 0 Å². The van der Waals surface area contributed by atoms with Gasteiger partial charge in [-0.15, -0.1) is 0 Å². The minimum atomic E-state index is -1.04. The molecule has 0 bridgehead atoms. The molecule has 1 aromatic rings. The van der Waals surface area contributed by atoms with Crippen LogP contribution in [-0.4, -0.2) is 34.1 Å². The van der Waals surface area contributed by atoms with Gasteiger partial charge in [-0.3, -0.25) is 0 Å². The highest BCUT2D eigenvalue weighted by atomic mass is 16.4. The third-order valence-electron chi connectivity index (χ3n) is 3.38. The van der Waals surface area contributed by atoms with E-state index >= 15 is 0 Å².